The molecule has 4 heteroatoms. The minimum absolute atomic E-state index is 0.689. The molecule has 2 heterocycles. The summed E-state index contributed by atoms with van der Waals surface area (Å²) < 4.78 is 2.35. The summed E-state index contributed by atoms with van der Waals surface area (Å²) >= 11 is 0. The number of nitrogens with one attached hydrogen (secondary N) is 1. The average Bonchev–Trinajstić information content (AvgIpc) is 2.90. The van der Waals surface area contributed by atoms with Gasteiger partial charge in [-0.1, -0.05) is 12.1 Å². The summed E-state index contributed by atoms with van der Waals surface area (Å²) in [6, 6.07) is 4.48. The van der Waals surface area contributed by atoms with Crippen LogP contribution < -0.4 is 11.1 Å². The van der Waals surface area contributed by atoms with Crippen LogP contribution >= 0.6 is 0 Å². The number of nitrogens with zero attached hydrogens (tertiary/aromatic N) is 2. The third-order valence-electron chi connectivity index (χ3n) is 4.78. The summed E-state index contributed by atoms with van der Waals surface area (Å²) in [5.74, 6) is 0. The van der Waals surface area contributed by atoms with Gasteiger partial charge in [0.05, 0.1) is 5.52 Å². The van der Waals surface area contributed by atoms with Gasteiger partial charge >= 0.3 is 0 Å². The van der Waals surface area contributed by atoms with Crippen LogP contribution in [0.2, 0.25) is 0 Å². The molecular formula is C18H28N4. The summed E-state index contributed by atoms with van der Waals surface area (Å²) in [7, 11) is 0. The lowest BCUT2D eigenvalue weighted by Gasteiger charge is -2.27. The maximum Gasteiger partial charge on any atom is 0.0515 e. The zero-order valence-electron chi connectivity index (χ0n) is 13.9. The van der Waals surface area contributed by atoms with E-state index in [2.05, 4.69) is 47.0 Å². The van der Waals surface area contributed by atoms with E-state index in [-0.39, 0.29) is 0 Å². The van der Waals surface area contributed by atoms with Crippen LogP contribution in [0.25, 0.3) is 10.9 Å². The predicted octanol–water partition coefficient (Wildman–Crippen LogP) is 1.66. The molecule has 0 spiro atoms. The summed E-state index contributed by atoms with van der Waals surface area (Å²) in [4.78, 5) is 2.56. The van der Waals surface area contributed by atoms with Crippen LogP contribution in [-0.4, -0.2) is 48.7 Å². The third kappa shape index (κ3) is 3.05. The molecule has 0 amide bonds. The topological polar surface area (TPSA) is 46.2 Å². The molecular weight excluding hydrogens is 272 g/mol. The van der Waals surface area contributed by atoms with Crippen LogP contribution in [0.5, 0.6) is 0 Å². The van der Waals surface area contributed by atoms with Gasteiger partial charge in [-0.3, -0.25) is 0 Å². The van der Waals surface area contributed by atoms with Gasteiger partial charge in [-0.05, 0) is 37.0 Å². The minimum atomic E-state index is 0.689. The molecule has 0 unspecified atom stereocenters. The molecule has 1 aromatic carbocycles. The quantitative estimate of drug-likeness (QED) is 0.883. The molecule has 2 aromatic rings. The molecule has 0 aliphatic carbocycles. The molecule has 4 nitrogen and oxygen atoms in total. The molecule has 120 valence electrons. The molecule has 1 aliphatic heterocycles. The van der Waals surface area contributed by atoms with E-state index in [0.717, 1.165) is 32.6 Å². The van der Waals surface area contributed by atoms with Crippen LogP contribution in [0.15, 0.2) is 18.3 Å². The van der Waals surface area contributed by atoms with Gasteiger partial charge in [0.1, 0.15) is 0 Å². The lowest BCUT2D eigenvalue weighted by molar-refractivity contribution is 0.244. The number of aromatic nitrogens is 1. The maximum absolute atomic E-state index is 5.80. The monoisotopic (exact) mass is 300 g/mol. The number of aryl methyl sites for hydroxylation is 2. The second-order valence-electron chi connectivity index (χ2n) is 6.40. The van der Waals surface area contributed by atoms with Crippen molar-refractivity contribution >= 4 is 10.9 Å². The SMILES string of the molecule is Cc1ccc(C)c2c1c(CCN1CCNCC1)cn2CCN. The predicted molar refractivity (Wildman–Crippen MR) is 93.5 cm³/mol. The molecule has 3 N–H and O–H groups in total. The number of fused-ring (bicyclic) bond motifs is 1. The summed E-state index contributed by atoms with van der Waals surface area (Å²) in [6.07, 6.45) is 3.46. The normalized spacial score (nSPS) is 16.5. The number of rotatable bonds is 5. The van der Waals surface area contributed by atoms with E-state index in [0.29, 0.717) is 6.54 Å². The highest BCUT2D eigenvalue weighted by atomic mass is 15.2. The number of hydrogen-bond donors (Lipinski definition) is 2. The second kappa shape index (κ2) is 6.82. The molecule has 0 radical (unpaired) electrons. The van der Waals surface area contributed by atoms with Crippen LogP contribution in [0, 0.1) is 13.8 Å². The van der Waals surface area contributed by atoms with Gasteiger partial charge in [0.15, 0.2) is 0 Å². The first-order valence-electron chi connectivity index (χ1n) is 8.41. The van der Waals surface area contributed by atoms with Crippen LogP contribution in [0.4, 0.5) is 0 Å². The first-order chi connectivity index (χ1) is 10.7. The molecule has 22 heavy (non-hydrogen) atoms. The Labute approximate surface area is 133 Å². The molecule has 0 atom stereocenters. The van der Waals surface area contributed by atoms with E-state index in [1.165, 1.54) is 40.7 Å². The first kappa shape index (κ1) is 15.5. The average molecular weight is 300 g/mol. The molecule has 0 saturated carbocycles. The Morgan fingerprint density at radius 3 is 2.55 bits per heavy atom. The van der Waals surface area contributed by atoms with E-state index in [4.69, 9.17) is 5.73 Å². The van der Waals surface area contributed by atoms with Gasteiger partial charge in [-0.15, -0.1) is 0 Å². The van der Waals surface area contributed by atoms with Gasteiger partial charge in [0, 0.05) is 57.4 Å². The Hall–Kier alpha value is -1.36. The zero-order chi connectivity index (χ0) is 15.5. The smallest absolute Gasteiger partial charge is 0.0515 e. The number of hydrogen-bond acceptors (Lipinski definition) is 3. The molecule has 1 aliphatic rings. The van der Waals surface area contributed by atoms with Gasteiger partial charge < -0.3 is 20.5 Å². The molecule has 1 fully saturated rings. The first-order valence-corrected chi connectivity index (χ1v) is 8.41. The van der Waals surface area contributed by atoms with E-state index in [9.17, 15) is 0 Å². The third-order valence-corrected chi connectivity index (χ3v) is 4.78. The number of piperazine rings is 1. The van der Waals surface area contributed by atoms with Crippen LogP contribution in [-0.2, 0) is 13.0 Å². The fourth-order valence-electron chi connectivity index (χ4n) is 3.61. The van der Waals surface area contributed by atoms with Crippen molar-refractivity contribution in [2.75, 3.05) is 39.3 Å². The highest BCUT2D eigenvalue weighted by molar-refractivity contribution is 5.89. The fraction of sp³-hybridized carbons (Fsp3) is 0.556. The van der Waals surface area contributed by atoms with Crippen LogP contribution in [0.3, 0.4) is 0 Å². The van der Waals surface area contributed by atoms with Gasteiger partial charge in [-0.2, -0.15) is 0 Å². The van der Waals surface area contributed by atoms with Crippen molar-refractivity contribution in [3.05, 3.63) is 35.0 Å². The van der Waals surface area contributed by atoms with Crippen molar-refractivity contribution in [3.8, 4) is 0 Å². The standard InChI is InChI=1S/C18H28N4/c1-14-3-4-15(2)18-17(14)16(13-22(18)10-6-19)5-9-21-11-7-20-8-12-21/h3-4,13,20H,5-12,19H2,1-2H3. The van der Waals surface area contributed by atoms with Crippen molar-refractivity contribution in [1.82, 2.24) is 14.8 Å². The Morgan fingerprint density at radius 1 is 1.09 bits per heavy atom. The zero-order valence-corrected chi connectivity index (χ0v) is 13.9. The maximum atomic E-state index is 5.80. The molecule has 3 rings (SSSR count). The summed E-state index contributed by atoms with van der Waals surface area (Å²) in [5.41, 5.74) is 11.4. The van der Waals surface area contributed by atoms with E-state index < -0.39 is 0 Å². The Kier molecular flexibility index (Phi) is 4.81. The largest absolute Gasteiger partial charge is 0.346 e. The number of benzene rings is 1. The Bertz CT molecular complexity index is 638. The van der Waals surface area contributed by atoms with Crippen molar-refractivity contribution in [2.45, 2.75) is 26.8 Å². The highest BCUT2D eigenvalue weighted by Crippen LogP contribution is 2.28. The van der Waals surface area contributed by atoms with Gasteiger partial charge in [0.25, 0.3) is 0 Å². The summed E-state index contributed by atoms with van der Waals surface area (Å²) in [5, 5.41) is 4.87. The molecule has 1 aromatic heterocycles. The van der Waals surface area contributed by atoms with E-state index in [1.807, 2.05) is 0 Å². The lowest BCUT2D eigenvalue weighted by atomic mass is 10.0. The van der Waals surface area contributed by atoms with Gasteiger partial charge in [0.2, 0.25) is 0 Å². The Morgan fingerprint density at radius 2 is 1.82 bits per heavy atom. The highest BCUT2D eigenvalue weighted by Gasteiger charge is 2.15. The van der Waals surface area contributed by atoms with Crippen molar-refractivity contribution in [3.63, 3.8) is 0 Å². The summed E-state index contributed by atoms with van der Waals surface area (Å²) in [6.45, 7) is 11.7. The van der Waals surface area contributed by atoms with E-state index >= 15 is 0 Å². The Balaban J connectivity index is 1.89. The van der Waals surface area contributed by atoms with Crippen molar-refractivity contribution < 1.29 is 0 Å². The minimum Gasteiger partial charge on any atom is -0.346 e. The number of nitrogens with two attached hydrogens (primary N) is 1. The molecule has 1 saturated heterocycles. The molecule has 0 bridgehead atoms. The van der Waals surface area contributed by atoms with Crippen molar-refractivity contribution in [2.24, 2.45) is 5.73 Å². The fourth-order valence-corrected chi connectivity index (χ4v) is 3.61. The lowest BCUT2D eigenvalue weighted by Crippen LogP contribution is -2.44. The van der Waals surface area contributed by atoms with E-state index in [1.54, 1.807) is 0 Å². The van der Waals surface area contributed by atoms with Crippen molar-refractivity contribution in [1.29, 1.82) is 0 Å². The van der Waals surface area contributed by atoms with Gasteiger partial charge in [-0.25, -0.2) is 0 Å². The van der Waals surface area contributed by atoms with Crippen LogP contribution in [0.1, 0.15) is 16.7 Å². The second-order valence-corrected chi connectivity index (χ2v) is 6.40.